The van der Waals surface area contributed by atoms with Gasteiger partial charge in [0.05, 0.1) is 24.5 Å². The predicted octanol–water partition coefficient (Wildman–Crippen LogP) is 5.50. The highest BCUT2D eigenvalue weighted by molar-refractivity contribution is 7.99. The van der Waals surface area contributed by atoms with Crippen LogP contribution in [0, 0.1) is 0 Å². The van der Waals surface area contributed by atoms with Crippen LogP contribution in [0.1, 0.15) is 48.0 Å². The maximum atomic E-state index is 11.5. The Morgan fingerprint density at radius 2 is 1.69 bits per heavy atom. The molecule has 45 heavy (non-hydrogen) atoms. The van der Waals surface area contributed by atoms with Crippen LogP contribution in [0.4, 0.5) is 0 Å². The van der Waals surface area contributed by atoms with Crippen LogP contribution in [0.15, 0.2) is 102 Å². The third kappa shape index (κ3) is 7.40. The summed E-state index contributed by atoms with van der Waals surface area (Å²) in [6, 6.07) is 30.6. The molecule has 1 saturated heterocycles. The summed E-state index contributed by atoms with van der Waals surface area (Å²) in [5, 5.41) is 34.9. The molecule has 3 N–H and O–H groups in total. The number of aliphatic hydroxyl groups is 1. The minimum atomic E-state index is -0.608. The van der Waals surface area contributed by atoms with Crippen molar-refractivity contribution in [3.05, 3.63) is 119 Å². The van der Waals surface area contributed by atoms with Crippen LogP contribution in [0.2, 0.25) is 0 Å². The number of hydrogen-bond donors (Lipinski definition) is 3. The van der Waals surface area contributed by atoms with E-state index in [1.807, 2.05) is 72.8 Å². The SMILES string of the molecule is CC(=O)NCc1ccccc1-c1ccc([C@@H]2O[C@H](CSc3nnnn3-c3ccc(O)cc3)C[C@H](c3ccc(CO)cc3)O2)cc1. The van der Waals surface area contributed by atoms with E-state index in [0.29, 0.717) is 23.9 Å². The van der Waals surface area contributed by atoms with Gasteiger partial charge in [-0.15, -0.1) is 5.10 Å². The van der Waals surface area contributed by atoms with Crippen LogP contribution in [-0.2, 0) is 27.4 Å². The van der Waals surface area contributed by atoms with Crippen LogP contribution in [0.5, 0.6) is 5.75 Å². The van der Waals surface area contributed by atoms with Gasteiger partial charge in [0.2, 0.25) is 11.1 Å². The van der Waals surface area contributed by atoms with Gasteiger partial charge in [0.25, 0.3) is 0 Å². The van der Waals surface area contributed by atoms with Crippen LogP contribution in [-0.4, -0.2) is 48.2 Å². The predicted molar refractivity (Wildman–Crippen MR) is 169 cm³/mol. The summed E-state index contributed by atoms with van der Waals surface area (Å²) in [7, 11) is 0. The molecule has 0 spiro atoms. The number of tetrazole rings is 1. The molecule has 10 nitrogen and oxygen atoms in total. The molecule has 11 heteroatoms. The van der Waals surface area contributed by atoms with Crippen molar-refractivity contribution in [3.8, 4) is 22.6 Å². The minimum Gasteiger partial charge on any atom is -0.508 e. The van der Waals surface area contributed by atoms with Crippen LogP contribution >= 0.6 is 11.8 Å². The molecular weight excluding hydrogens is 590 g/mol. The molecule has 4 aromatic carbocycles. The number of nitrogens with one attached hydrogen (secondary N) is 1. The highest BCUT2D eigenvalue weighted by Gasteiger charge is 2.32. The van der Waals surface area contributed by atoms with Gasteiger partial charge in [-0.2, -0.15) is 4.68 Å². The van der Waals surface area contributed by atoms with E-state index in [9.17, 15) is 15.0 Å². The van der Waals surface area contributed by atoms with E-state index in [0.717, 1.165) is 39.1 Å². The fourth-order valence-electron chi connectivity index (χ4n) is 5.21. The first-order valence-electron chi connectivity index (χ1n) is 14.6. The zero-order valence-corrected chi connectivity index (χ0v) is 25.4. The van der Waals surface area contributed by atoms with Crippen molar-refractivity contribution in [2.75, 3.05) is 5.75 Å². The first-order valence-corrected chi connectivity index (χ1v) is 15.6. The van der Waals surface area contributed by atoms with Gasteiger partial charge in [-0.3, -0.25) is 4.79 Å². The molecule has 0 bridgehead atoms. The quantitative estimate of drug-likeness (QED) is 0.173. The Bertz CT molecular complexity index is 1730. The fourth-order valence-corrected chi connectivity index (χ4v) is 6.12. The number of hydrogen-bond acceptors (Lipinski definition) is 9. The number of aromatic nitrogens is 4. The number of aliphatic hydroxyl groups excluding tert-OH is 1. The lowest BCUT2D eigenvalue weighted by atomic mass is 9.98. The average Bonchev–Trinajstić information content (AvgIpc) is 3.55. The summed E-state index contributed by atoms with van der Waals surface area (Å²) in [5.41, 5.74) is 6.58. The van der Waals surface area contributed by atoms with Crippen LogP contribution in [0.25, 0.3) is 16.8 Å². The molecule has 1 fully saturated rings. The number of ether oxygens (including phenoxy) is 2. The second kappa shape index (κ2) is 14.0. The average molecular weight is 624 g/mol. The molecule has 5 aromatic rings. The topological polar surface area (TPSA) is 132 Å². The monoisotopic (exact) mass is 623 g/mol. The van der Waals surface area contributed by atoms with Gasteiger partial charge in [-0.05, 0) is 62.5 Å². The first-order chi connectivity index (χ1) is 22.0. The Balaban J connectivity index is 1.22. The molecule has 1 aromatic heterocycles. The van der Waals surface area contributed by atoms with E-state index >= 15 is 0 Å². The van der Waals surface area contributed by atoms with Crippen LogP contribution < -0.4 is 5.32 Å². The zero-order chi connectivity index (χ0) is 31.2. The first kappa shape index (κ1) is 30.5. The van der Waals surface area contributed by atoms with Gasteiger partial charge in [0.15, 0.2) is 6.29 Å². The van der Waals surface area contributed by atoms with E-state index in [-0.39, 0.29) is 30.5 Å². The lowest BCUT2D eigenvalue weighted by molar-refractivity contribution is -0.245. The summed E-state index contributed by atoms with van der Waals surface area (Å²) in [6.07, 6.45) is -0.395. The Hall–Kier alpha value is -4.55. The molecule has 0 unspecified atom stereocenters. The number of phenols is 1. The highest BCUT2D eigenvalue weighted by atomic mass is 32.2. The Morgan fingerprint density at radius 1 is 0.956 bits per heavy atom. The number of thioether (sulfide) groups is 1. The maximum absolute atomic E-state index is 11.5. The van der Waals surface area contributed by atoms with Crippen molar-refractivity contribution in [2.45, 2.75) is 50.2 Å². The third-order valence-electron chi connectivity index (χ3n) is 7.59. The molecule has 3 atom stereocenters. The number of phenolic OH excluding ortho intramolecular Hbond substituents is 1. The Labute approximate surface area is 265 Å². The molecular formula is C34H33N5O5S. The van der Waals surface area contributed by atoms with Gasteiger partial charge in [0, 0.05) is 31.2 Å². The molecule has 0 aliphatic carbocycles. The molecule has 6 rings (SSSR count). The maximum Gasteiger partial charge on any atom is 0.217 e. The van der Waals surface area contributed by atoms with E-state index in [2.05, 4.69) is 20.8 Å². The zero-order valence-electron chi connectivity index (χ0n) is 24.6. The van der Waals surface area contributed by atoms with Crippen molar-refractivity contribution in [2.24, 2.45) is 0 Å². The summed E-state index contributed by atoms with van der Waals surface area (Å²) in [6.45, 7) is 1.94. The second-order valence-corrected chi connectivity index (χ2v) is 11.7. The lowest BCUT2D eigenvalue weighted by Crippen LogP contribution is -2.31. The van der Waals surface area contributed by atoms with Crippen molar-refractivity contribution in [1.82, 2.24) is 25.5 Å². The van der Waals surface area contributed by atoms with Crippen LogP contribution in [0.3, 0.4) is 0 Å². The van der Waals surface area contributed by atoms with Crippen molar-refractivity contribution < 1.29 is 24.5 Å². The normalized spacial score (nSPS) is 18.0. The molecule has 1 aliphatic rings. The number of amides is 1. The molecule has 2 heterocycles. The number of carbonyl (C=O) groups excluding carboxylic acids is 1. The van der Waals surface area contributed by atoms with Gasteiger partial charge in [-0.25, -0.2) is 0 Å². The molecule has 230 valence electrons. The Morgan fingerprint density at radius 3 is 2.42 bits per heavy atom. The molecule has 0 saturated carbocycles. The standard InChI is InChI=1S/C34H33N5O5S/c1-22(41)35-19-27-4-2-3-5-31(27)24-10-12-26(13-11-24)33-43-30(18-32(44-33)25-8-6-23(20-40)7-9-25)21-45-34-36-37-38-39(34)28-14-16-29(42)17-15-28/h2-17,30,32-33,40,42H,18-21H2,1H3,(H,35,41)/t30-,32+,33+/m0/s1. The van der Waals surface area contributed by atoms with Crippen molar-refractivity contribution in [3.63, 3.8) is 0 Å². The lowest BCUT2D eigenvalue weighted by Gasteiger charge is -2.36. The number of aromatic hydroxyl groups is 1. The number of nitrogens with zero attached hydrogens (tertiary/aromatic N) is 4. The second-order valence-electron chi connectivity index (χ2n) is 10.7. The molecule has 0 radical (unpaired) electrons. The van der Waals surface area contributed by atoms with Gasteiger partial charge >= 0.3 is 0 Å². The number of rotatable bonds is 10. The minimum absolute atomic E-state index is 0.0210. The van der Waals surface area contributed by atoms with Crippen molar-refractivity contribution in [1.29, 1.82) is 0 Å². The highest BCUT2D eigenvalue weighted by Crippen LogP contribution is 2.40. The van der Waals surface area contributed by atoms with Gasteiger partial charge in [0.1, 0.15) is 5.75 Å². The summed E-state index contributed by atoms with van der Waals surface area (Å²) in [4.78, 5) is 11.5. The van der Waals surface area contributed by atoms with Gasteiger partial charge < -0.3 is 25.0 Å². The molecule has 1 aliphatic heterocycles. The summed E-state index contributed by atoms with van der Waals surface area (Å²) < 4.78 is 14.7. The van der Waals surface area contributed by atoms with E-state index in [4.69, 9.17) is 9.47 Å². The van der Waals surface area contributed by atoms with Crippen molar-refractivity contribution >= 4 is 17.7 Å². The van der Waals surface area contributed by atoms with Gasteiger partial charge in [-0.1, -0.05) is 84.6 Å². The Kier molecular flexibility index (Phi) is 9.51. The van der Waals surface area contributed by atoms with E-state index in [1.54, 1.807) is 28.9 Å². The smallest absolute Gasteiger partial charge is 0.217 e. The molecule has 1 amide bonds. The summed E-state index contributed by atoms with van der Waals surface area (Å²) >= 11 is 1.49. The number of carbonyl (C=O) groups is 1. The summed E-state index contributed by atoms with van der Waals surface area (Å²) in [5.74, 6) is 0.679. The fraction of sp³-hybridized carbons (Fsp3) is 0.235. The van der Waals surface area contributed by atoms with E-state index < -0.39 is 6.29 Å². The third-order valence-corrected chi connectivity index (χ3v) is 8.64. The number of benzene rings is 4. The largest absolute Gasteiger partial charge is 0.508 e. The van der Waals surface area contributed by atoms with E-state index in [1.165, 1.54) is 18.7 Å².